The van der Waals surface area contributed by atoms with Gasteiger partial charge in [-0.2, -0.15) is 0 Å². The lowest BCUT2D eigenvalue weighted by molar-refractivity contribution is -0.156. The average molecular weight is 590 g/mol. The van der Waals surface area contributed by atoms with Crippen molar-refractivity contribution in [2.75, 3.05) is 6.54 Å². The van der Waals surface area contributed by atoms with Crippen molar-refractivity contribution in [2.24, 2.45) is 11.3 Å². The van der Waals surface area contributed by atoms with Gasteiger partial charge in [0.05, 0.1) is 16.7 Å². The Balaban J connectivity index is 1.63. The number of piperidine rings is 1. The molecule has 210 valence electrons. The van der Waals surface area contributed by atoms with Crippen molar-refractivity contribution >= 4 is 39.1 Å². The summed E-state index contributed by atoms with van der Waals surface area (Å²) in [5, 5.41) is 0.966. The van der Waals surface area contributed by atoms with Crippen molar-refractivity contribution in [3.05, 3.63) is 82.4 Å². The largest absolute Gasteiger partial charge is 0.330 e. The van der Waals surface area contributed by atoms with Crippen LogP contribution in [0.1, 0.15) is 81.4 Å². The van der Waals surface area contributed by atoms with Crippen LogP contribution in [0.25, 0.3) is 0 Å². The Bertz CT molecular complexity index is 1310. The Labute approximate surface area is 243 Å². The van der Waals surface area contributed by atoms with Crippen molar-refractivity contribution < 1.29 is 13.2 Å². The molecule has 2 aliphatic carbocycles. The van der Waals surface area contributed by atoms with Gasteiger partial charge in [-0.15, -0.1) is 6.58 Å². The first-order valence-corrected chi connectivity index (χ1v) is 16.4. The van der Waals surface area contributed by atoms with Crippen LogP contribution < -0.4 is 4.72 Å². The number of sulfonamides is 1. The summed E-state index contributed by atoms with van der Waals surface area (Å²) in [4.78, 5) is 16.8. The number of allylic oxidation sites excluding steroid dienone is 1. The van der Waals surface area contributed by atoms with E-state index >= 15 is 0 Å². The van der Waals surface area contributed by atoms with E-state index in [-0.39, 0.29) is 41.6 Å². The molecule has 1 amide bonds. The number of amides is 1. The summed E-state index contributed by atoms with van der Waals surface area (Å²) < 4.78 is 29.1. The van der Waals surface area contributed by atoms with Gasteiger partial charge >= 0.3 is 0 Å². The topological polar surface area (TPSA) is 66.5 Å². The lowest BCUT2D eigenvalue weighted by atomic mass is 9.65. The molecule has 2 saturated carbocycles. The summed E-state index contributed by atoms with van der Waals surface area (Å²) in [5.41, 5.74) is 1.44. The van der Waals surface area contributed by atoms with Crippen LogP contribution in [0.2, 0.25) is 10.0 Å². The number of rotatable bonds is 11. The van der Waals surface area contributed by atoms with Gasteiger partial charge in [-0.05, 0) is 86.3 Å². The average Bonchev–Trinajstić information content (AvgIpc) is 3.71. The number of carbonyl (C=O) groups excluding carboxylic acids is 1. The molecule has 1 unspecified atom stereocenters. The minimum atomic E-state index is -3.42. The number of carbonyl (C=O) groups is 1. The summed E-state index contributed by atoms with van der Waals surface area (Å²) in [7, 11) is -3.42. The van der Waals surface area contributed by atoms with Gasteiger partial charge in [0.25, 0.3) is 0 Å². The highest BCUT2D eigenvalue weighted by Gasteiger charge is 2.54. The molecule has 8 heteroatoms. The van der Waals surface area contributed by atoms with Crippen molar-refractivity contribution in [2.45, 2.75) is 81.5 Å². The number of nitrogens with zero attached hydrogens (tertiary/aromatic N) is 1. The van der Waals surface area contributed by atoms with Crippen LogP contribution in [0.15, 0.2) is 61.2 Å². The summed E-state index contributed by atoms with van der Waals surface area (Å²) in [6.45, 7) is 6.31. The minimum absolute atomic E-state index is 0.0352. The molecule has 39 heavy (non-hydrogen) atoms. The minimum Gasteiger partial charge on any atom is -0.330 e. The standard InChI is InChI=1S/C31H38Cl2N2O3S/c1-3-17-31(4-2)19-27(23-7-5-8-25(33)18-23)29(22-13-15-24(32)16-14-22)35(30(31)36)28(21-11-12-21)20-34-39(37,38)26-9-6-10-26/h3,5,7-8,13-16,18,21,26-29,34H,1,4,6,9-12,17,19-20H2,2H3/t27-,28?,29-,31+/m1/s1. The highest BCUT2D eigenvalue weighted by atomic mass is 35.5. The lowest BCUT2D eigenvalue weighted by Crippen LogP contribution is -2.59. The molecule has 3 aliphatic rings. The molecule has 1 heterocycles. The summed E-state index contributed by atoms with van der Waals surface area (Å²) >= 11 is 12.8. The van der Waals surface area contributed by atoms with Gasteiger partial charge in [-0.25, -0.2) is 13.1 Å². The van der Waals surface area contributed by atoms with E-state index in [2.05, 4.69) is 24.3 Å². The van der Waals surface area contributed by atoms with Gasteiger partial charge < -0.3 is 4.90 Å². The summed E-state index contributed by atoms with van der Waals surface area (Å²) in [6, 6.07) is 15.1. The maximum absolute atomic E-state index is 14.7. The molecule has 0 bridgehead atoms. The third-order valence-electron chi connectivity index (χ3n) is 9.19. The second-order valence-corrected chi connectivity index (χ2v) is 14.5. The predicted octanol–water partition coefficient (Wildman–Crippen LogP) is 7.27. The molecule has 3 fully saturated rings. The number of halogens is 2. The number of hydrogen-bond donors (Lipinski definition) is 1. The molecule has 0 radical (unpaired) electrons. The first-order valence-electron chi connectivity index (χ1n) is 14.1. The lowest BCUT2D eigenvalue weighted by Gasteiger charge is -2.53. The quantitative estimate of drug-likeness (QED) is 0.280. The summed E-state index contributed by atoms with van der Waals surface area (Å²) in [6.07, 6.45) is 8.06. The molecule has 2 aromatic rings. The molecular weight excluding hydrogens is 551 g/mol. The van der Waals surface area contributed by atoms with E-state index < -0.39 is 15.4 Å². The van der Waals surface area contributed by atoms with Crippen LogP contribution in [-0.2, 0) is 14.8 Å². The SMILES string of the molecule is C=CC[C@@]1(CC)C[C@H](c2cccc(Cl)c2)[C@@H](c2ccc(Cl)cc2)N(C(CNS(=O)(=O)C2CCC2)C2CC2)C1=O. The highest BCUT2D eigenvalue weighted by Crippen LogP contribution is 2.55. The third-order valence-corrected chi connectivity index (χ3v) is 11.6. The smallest absolute Gasteiger partial charge is 0.229 e. The Morgan fingerprint density at radius 2 is 1.79 bits per heavy atom. The maximum Gasteiger partial charge on any atom is 0.229 e. The monoisotopic (exact) mass is 588 g/mol. The van der Waals surface area contributed by atoms with Crippen LogP contribution in [0.5, 0.6) is 0 Å². The van der Waals surface area contributed by atoms with Crippen LogP contribution >= 0.6 is 23.2 Å². The van der Waals surface area contributed by atoms with Crippen LogP contribution in [0.4, 0.5) is 0 Å². The number of nitrogens with one attached hydrogen (secondary N) is 1. The van der Waals surface area contributed by atoms with Crippen molar-refractivity contribution in [3.63, 3.8) is 0 Å². The second kappa shape index (κ2) is 11.6. The molecule has 2 aromatic carbocycles. The number of benzene rings is 2. The van der Waals surface area contributed by atoms with E-state index in [1.54, 1.807) is 0 Å². The first-order chi connectivity index (χ1) is 18.7. The molecule has 1 N–H and O–H groups in total. The molecule has 5 rings (SSSR count). The number of likely N-dealkylation sites (tertiary alicyclic amines) is 1. The molecule has 0 aromatic heterocycles. The molecular formula is C31H38Cl2N2O3S. The molecule has 4 atom stereocenters. The van der Waals surface area contributed by atoms with Crippen molar-refractivity contribution in [3.8, 4) is 0 Å². The van der Waals surface area contributed by atoms with E-state index in [4.69, 9.17) is 23.2 Å². The zero-order valence-corrected chi connectivity index (χ0v) is 24.8. The van der Waals surface area contributed by atoms with E-state index in [1.807, 2.05) is 53.4 Å². The summed E-state index contributed by atoms with van der Waals surface area (Å²) in [5.74, 6) is 0.305. The Hall–Kier alpha value is -1.86. The van der Waals surface area contributed by atoms with Crippen molar-refractivity contribution in [1.29, 1.82) is 0 Å². The van der Waals surface area contributed by atoms with Crippen LogP contribution in [0, 0.1) is 11.3 Å². The molecule has 1 aliphatic heterocycles. The fourth-order valence-corrected chi connectivity index (χ4v) is 8.44. The number of hydrogen-bond acceptors (Lipinski definition) is 3. The maximum atomic E-state index is 14.7. The first kappa shape index (κ1) is 28.7. The Morgan fingerprint density at radius 1 is 1.08 bits per heavy atom. The molecule has 0 spiro atoms. The van der Waals surface area contributed by atoms with Crippen molar-refractivity contribution in [1.82, 2.24) is 9.62 Å². The van der Waals surface area contributed by atoms with Gasteiger partial charge in [0.2, 0.25) is 15.9 Å². The fourth-order valence-electron chi connectivity index (χ4n) is 6.52. The fraction of sp³-hybridized carbons (Fsp3) is 0.516. The zero-order valence-electron chi connectivity index (χ0n) is 22.5. The van der Waals surface area contributed by atoms with E-state index in [0.717, 1.165) is 30.4 Å². The van der Waals surface area contributed by atoms with Crippen LogP contribution in [-0.4, -0.2) is 37.1 Å². The predicted molar refractivity (Wildman–Crippen MR) is 158 cm³/mol. The molecule has 1 saturated heterocycles. The van der Waals surface area contributed by atoms with E-state index in [0.29, 0.717) is 42.1 Å². The second-order valence-electron chi connectivity index (χ2n) is 11.6. The molecule has 5 nitrogen and oxygen atoms in total. The van der Waals surface area contributed by atoms with Gasteiger partial charge in [0.15, 0.2) is 0 Å². The van der Waals surface area contributed by atoms with Gasteiger partial charge in [0, 0.05) is 28.5 Å². The van der Waals surface area contributed by atoms with Gasteiger partial charge in [-0.3, -0.25) is 4.79 Å². The van der Waals surface area contributed by atoms with E-state index in [9.17, 15) is 13.2 Å². The highest BCUT2D eigenvalue weighted by molar-refractivity contribution is 7.90. The van der Waals surface area contributed by atoms with Gasteiger partial charge in [0.1, 0.15) is 0 Å². The normalized spacial score (nSPS) is 26.7. The Morgan fingerprint density at radius 3 is 2.36 bits per heavy atom. The zero-order chi connectivity index (χ0) is 27.8. The van der Waals surface area contributed by atoms with Gasteiger partial charge in [-0.1, -0.05) is 66.9 Å². The van der Waals surface area contributed by atoms with Crippen LogP contribution in [0.3, 0.4) is 0 Å². The Kier molecular flexibility index (Phi) is 8.49. The third kappa shape index (κ3) is 5.81. The van der Waals surface area contributed by atoms with E-state index in [1.165, 1.54) is 0 Å².